The Labute approximate surface area is 117 Å². The van der Waals surface area contributed by atoms with Crippen LogP contribution < -0.4 is 5.32 Å². The average Bonchev–Trinajstić information content (AvgIpc) is 2.62. The number of anilines is 1. The summed E-state index contributed by atoms with van der Waals surface area (Å²) in [6.45, 7) is 5.20. The van der Waals surface area contributed by atoms with E-state index in [2.05, 4.69) is 10.3 Å². The van der Waals surface area contributed by atoms with Gasteiger partial charge in [-0.15, -0.1) is 11.3 Å². The van der Waals surface area contributed by atoms with Crippen LogP contribution in [0.1, 0.15) is 36.3 Å². The Morgan fingerprint density at radius 1 is 1.16 bits per heavy atom. The summed E-state index contributed by atoms with van der Waals surface area (Å²) in [5.74, 6) is -1.01. The molecule has 1 fully saturated rings. The lowest BCUT2D eigenvalue weighted by Gasteiger charge is -2.18. The number of likely N-dealkylation sites (tertiary alicyclic amines) is 1. The van der Waals surface area contributed by atoms with Gasteiger partial charge in [0.05, 0.1) is 5.69 Å². The van der Waals surface area contributed by atoms with Crippen LogP contribution in [0.3, 0.4) is 0 Å². The van der Waals surface area contributed by atoms with E-state index in [4.69, 9.17) is 0 Å². The molecule has 2 rings (SSSR count). The normalized spacial score (nSPS) is 16.0. The van der Waals surface area contributed by atoms with Gasteiger partial charge in [-0.25, -0.2) is 4.98 Å². The van der Waals surface area contributed by atoms with Crippen LogP contribution in [0.4, 0.5) is 5.13 Å². The molecule has 0 aromatic carbocycles. The van der Waals surface area contributed by atoms with Crippen molar-refractivity contribution in [1.82, 2.24) is 9.88 Å². The van der Waals surface area contributed by atoms with Crippen LogP contribution in [-0.4, -0.2) is 34.8 Å². The standard InChI is InChI=1S/C13H19N3O2S/c1-9-10(2)19-13(14-9)15-11(17)12(18)16-7-5-3-4-6-8-16/h3-8H2,1-2H3,(H,14,15,17). The van der Waals surface area contributed by atoms with Gasteiger partial charge in [-0.3, -0.25) is 14.9 Å². The quantitative estimate of drug-likeness (QED) is 0.802. The number of carbonyl (C=O) groups is 2. The highest BCUT2D eigenvalue weighted by atomic mass is 32.1. The van der Waals surface area contributed by atoms with E-state index in [9.17, 15) is 9.59 Å². The maximum atomic E-state index is 12.0. The Morgan fingerprint density at radius 3 is 2.32 bits per heavy atom. The lowest BCUT2D eigenvalue weighted by atomic mass is 10.2. The summed E-state index contributed by atoms with van der Waals surface area (Å²) in [5.41, 5.74) is 0.891. The van der Waals surface area contributed by atoms with Gasteiger partial charge in [-0.2, -0.15) is 0 Å². The van der Waals surface area contributed by atoms with Crippen molar-refractivity contribution in [3.8, 4) is 0 Å². The topological polar surface area (TPSA) is 62.3 Å². The van der Waals surface area contributed by atoms with Gasteiger partial charge >= 0.3 is 11.8 Å². The number of hydrogen-bond donors (Lipinski definition) is 1. The van der Waals surface area contributed by atoms with Gasteiger partial charge in [0, 0.05) is 18.0 Å². The Bertz CT molecular complexity index is 457. The van der Waals surface area contributed by atoms with E-state index in [1.165, 1.54) is 11.3 Å². The zero-order valence-corrected chi connectivity index (χ0v) is 12.2. The van der Waals surface area contributed by atoms with Crippen molar-refractivity contribution in [3.05, 3.63) is 10.6 Å². The van der Waals surface area contributed by atoms with E-state index in [0.29, 0.717) is 18.2 Å². The van der Waals surface area contributed by atoms with Crippen molar-refractivity contribution in [2.75, 3.05) is 18.4 Å². The number of nitrogens with one attached hydrogen (secondary N) is 1. The molecular formula is C13H19N3O2S. The molecule has 1 aliphatic rings. The summed E-state index contributed by atoms with van der Waals surface area (Å²) in [7, 11) is 0. The van der Waals surface area contributed by atoms with Crippen molar-refractivity contribution in [3.63, 3.8) is 0 Å². The van der Waals surface area contributed by atoms with Crippen molar-refractivity contribution in [2.24, 2.45) is 0 Å². The Balaban J connectivity index is 1.96. The number of rotatable bonds is 1. The third-order valence-corrected chi connectivity index (χ3v) is 4.32. The molecule has 19 heavy (non-hydrogen) atoms. The molecule has 2 heterocycles. The fraction of sp³-hybridized carbons (Fsp3) is 0.615. The number of thiazole rings is 1. The monoisotopic (exact) mass is 281 g/mol. The maximum Gasteiger partial charge on any atom is 0.315 e. The summed E-state index contributed by atoms with van der Waals surface area (Å²) in [4.78, 5) is 30.9. The van der Waals surface area contributed by atoms with Crippen molar-refractivity contribution in [1.29, 1.82) is 0 Å². The molecule has 0 unspecified atom stereocenters. The number of carbonyl (C=O) groups excluding carboxylic acids is 2. The maximum absolute atomic E-state index is 12.0. The first kappa shape index (κ1) is 14.0. The van der Waals surface area contributed by atoms with Crippen molar-refractivity contribution in [2.45, 2.75) is 39.5 Å². The molecule has 2 amide bonds. The molecule has 0 bridgehead atoms. The van der Waals surface area contributed by atoms with E-state index in [1.807, 2.05) is 13.8 Å². The van der Waals surface area contributed by atoms with E-state index >= 15 is 0 Å². The van der Waals surface area contributed by atoms with Gasteiger partial charge in [0.1, 0.15) is 0 Å². The molecule has 5 nitrogen and oxygen atoms in total. The Morgan fingerprint density at radius 2 is 1.79 bits per heavy atom. The SMILES string of the molecule is Cc1nc(NC(=O)C(=O)N2CCCCCC2)sc1C. The largest absolute Gasteiger partial charge is 0.334 e. The second-order valence-corrected chi connectivity index (χ2v) is 6.02. The van der Waals surface area contributed by atoms with Gasteiger partial charge in [0.25, 0.3) is 0 Å². The van der Waals surface area contributed by atoms with Gasteiger partial charge in [-0.1, -0.05) is 12.8 Å². The minimum atomic E-state index is -0.573. The van der Waals surface area contributed by atoms with Gasteiger partial charge in [-0.05, 0) is 26.7 Å². The fourth-order valence-electron chi connectivity index (χ4n) is 2.09. The molecule has 0 saturated carbocycles. The molecule has 1 aliphatic heterocycles. The predicted octanol–water partition coefficient (Wildman–Crippen LogP) is 2.10. The molecule has 104 valence electrons. The van der Waals surface area contributed by atoms with E-state index in [0.717, 1.165) is 36.3 Å². The average molecular weight is 281 g/mol. The van der Waals surface area contributed by atoms with E-state index in [1.54, 1.807) is 4.90 Å². The van der Waals surface area contributed by atoms with Gasteiger partial charge < -0.3 is 4.90 Å². The predicted molar refractivity (Wildman–Crippen MR) is 75.3 cm³/mol. The third-order valence-electron chi connectivity index (χ3n) is 3.34. The number of aryl methyl sites for hydroxylation is 2. The minimum absolute atomic E-state index is 0.438. The van der Waals surface area contributed by atoms with E-state index in [-0.39, 0.29) is 0 Å². The number of aromatic nitrogens is 1. The lowest BCUT2D eigenvalue weighted by molar-refractivity contribution is -0.143. The first-order valence-corrected chi connectivity index (χ1v) is 7.44. The van der Waals surface area contributed by atoms with Crippen LogP contribution in [0.2, 0.25) is 0 Å². The number of nitrogens with zero attached hydrogens (tertiary/aromatic N) is 2. The molecule has 1 saturated heterocycles. The number of amides is 2. The first-order chi connectivity index (χ1) is 9.08. The highest BCUT2D eigenvalue weighted by Gasteiger charge is 2.23. The smallest absolute Gasteiger partial charge is 0.315 e. The highest BCUT2D eigenvalue weighted by Crippen LogP contribution is 2.21. The third kappa shape index (κ3) is 3.53. The molecule has 1 aromatic heterocycles. The van der Waals surface area contributed by atoms with Crippen molar-refractivity contribution < 1.29 is 9.59 Å². The van der Waals surface area contributed by atoms with Gasteiger partial charge in [0.15, 0.2) is 5.13 Å². The second kappa shape index (κ2) is 6.14. The summed E-state index contributed by atoms with van der Waals surface area (Å²) in [6.07, 6.45) is 4.23. The van der Waals surface area contributed by atoms with Crippen molar-refractivity contribution >= 4 is 28.3 Å². The molecule has 6 heteroatoms. The zero-order chi connectivity index (χ0) is 13.8. The Hall–Kier alpha value is -1.43. The summed E-state index contributed by atoms with van der Waals surface area (Å²) >= 11 is 1.40. The Kier molecular flexibility index (Phi) is 4.52. The van der Waals surface area contributed by atoms with Crippen LogP contribution in [0, 0.1) is 13.8 Å². The summed E-state index contributed by atoms with van der Waals surface area (Å²) < 4.78 is 0. The highest BCUT2D eigenvalue weighted by molar-refractivity contribution is 7.15. The van der Waals surface area contributed by atoms with Crippen LogP contribution in [0.25, 0.3) is 0 Å². The molecule has 0 spiro atoms. The van der Waals surface area contributed by atoms with Crippen LogP contribution >= 0.6 is 11.3 Å². The van der Waals surface area contributed by atoms with Crippen LogP contribution in [-0.2, 0) is 9.59 Å². The lowest BCUT2D eigenvalue weighted by Crippen LogP contribution is -2.40. The van der Waals surface area contributed by atoms with E-state index < -0.39 is 11.8 Å². The minimum Gasteiger partial charge on any atom is -0.334 e. The second-order valence-electron chi connectivity index (χ2n) is 4.82. The van der Waals surface area contributed by atoms with Crippen LogP contribution in [0.5, 0.6) is 0 Å². The first-order valence-electron chi connectivity index (χ1n) is 6.62. The molecular weight excluding hydrogens is 262 g/mol. The fourth-order valence-corrected chi connectivity index (χ4v) is 2.90. The molecule has 0 atom stereocenters. The zero-order valence-electron chi connectivity index (χ0n) is 11.4. The summed E-state index contributed by atoms with van der Waals surface area (Å²) in [6, 6.07) is 0. The summed E-state index contributed by atoms with van der Waals surface area (Å²) in [5, 5.41) is 3.10. The van der Waals surface area contributed by atoms with Crippen LogP contribution in [0.15, 0.2) is 0 Å². The molecule has 1 aromatic rings. The molecule has 0 aliphatic carbocycles. The molecule has 0 radical (unpaired) electrons. The number of hydrogen-bond acceptors (Lipinski definition) is 4. The van der Waals surface area contributed by atoms with Gasteiger partial charge in [0.2, 0.25) is 0 Å². The molecule has 1 N–H and O–H groups in total.